The number of methoxy groups -OCH3 is 1. The van der Waals surface area contributed by atoms with E-state index in [2.05, 4.69) is 62.6 Å². The number of halogens is 5. The smallest absolute Gasteiger partial charge is 0.446 e. The van der Waals surface area contributed by atoms with E-state index in [4.69, 9.17) is 52.9 Å². The number of ether oxygens (including phenoxy) is 3. The highest BCUT2D eigenvalue weighted by Gasteiger charge is 2.26. The lowest BCUT2D eigenvalue weighted by Gasteiger charge is -2.34. The molecule has 3 N–H and O–H groups in total. The molecule has 0 radical (unpaired) electrons. The quantitative estimate of drug-likeness (QED) is 0.102. The zero-order valence-electron chi connectivity index (χ0n) is 37.7. The number of alkyl halides is 3. The molecular formula is C42H51Cl2F3N12O6S2. The van der Waals surface area contributed by atoms with Crippen LogP contribution < -0.4 is 25.6 Å². The summed E-state index contributed by atoms with van der Waals surface area (Å²) in [6.45, 7) is 8.50. The summed E-state index contributed by atoms with van der Waals surface area (Å²) in [6, 6.07) is 18.4. The van der Waals surface area contributed by atoms with Crippen LogP contribution in [-0.4, -0.2) is 135 Å². The number of pyridine rings is 2. The molecule has 0 unspecified atom stereocenters. The number of carbonyl (C=O) groups is 1. The molecule has 7 rings (SSSR count). The minimum Gasteiger partial charge on any atom is -0.497 e. The number of aromatic nitrogens is 6. The van der Waals surface area contributed by atoms with Crippen molar-refractivity contribution in [3.05, 3.63) is 76.5 Å². The van der Waals surface area contributed by atoms with Gasteiger partial charge in [0.2, 0.25) is 6.29 Å². The van der Waals surface area contributed by atoms with Crippen LogP contribution in [0.1, 0.15) is 19.4 Å². The standard InChI is InChI=1S/C24H29ClN6O3S.C16H21ClN6O2S.C2HF3O/c1-16-15-34-10-9-31(16)23-13-22(30-35(3,4)32)28-24(29-23)18-11-20(25)27-21(12-18)26-14-17-5-7-19(33-2)8-6-17;1-10-9-25-5-4-23(10)15-8-14(22-26(2,3)24)20-16(21-15)11-6-12(17)19-13(18)7-11;3-2(4,5)1-6/h5-8,11-13,16H,9-10,14-15H2,1-4H3,(H,26,27);6-8,10H,4-5,9H2,1-3H3,(H2,18,19);1H/t16-;10-;/m11./s1. The van der Waals surface area contributed by atoms with Gasteiger partial charge in [0.1, 0.15) is 39.3 Å². The predicted molar refractivity (Wildman–Crippen MR) is 257 cm³/mol. The lowest BCUT2D eigenvalue weighted by Crippen LogP contribution is -2.44. The van der Waals surface area contributed by atoms with Crippen molar-refractivity contribution in [2.45, 2.75) is 38.7 Å². The maximum atomic E-state index is 12.4. The maximum Gasteiger partial charge on any atom is 0.446 e. The number of morpholine rings is 2. The third-order valence-corrected chi connectivity index (χ3v) is 10.9. The number of rotatable bonds is 10. The van der Waals surface area contributed by atoms with E-state index in [1.165, 1.54) is 0 Å². The van der Waals surface area contributed by atoms with Gasteiger partial charge in [-0.15, -0.1) is 0 Å². The molecule has 2 saturated heterocycles. The van der Waals surface area contributed by atoms with Gasteiger partial charge in [0.15, 0.2) is 23.3 Å². The van der Waals surface area contributed by atoms with Crippen LogP contribution in [0.2, 0.25) is 10.3 Å². The molecule has 2 atom stereocenters. The van der Waals surface area contributed by atoms with Crippen molar-refractivity contribution in [3.8, 4) is 28.5 Å². The second kappa shape index (κ2) is 23.0. The Balaban J connectivity index is 0.000000231. The van der Waals surface area contributed by atoms with Crippen LogP contribution >= 0.6 is 23.2 Å². The summed E-state index contributed by atoms with van der Waals surface area (Å²) < 4.78 is 80.7. The van der Waals surface area contributed by atoms with Crippen LogP contribution in [0.25, 0.3) is 22.8 Å². The Hall–Kier alpha value is -5.46. The monoisotopic (exact) mass is 1010 g/mol. The van der Waals surface area contributed by atoms with Crippen molar-refractivity contribution >= 4 is 83.9 Å². The molecule has 2 aliphatic rings. The number of hydrogen-bond acceptors (Lipinski definition) is 18. The van der Waals surface area contributed by atoms with Crippen molar-refractivity contribution in [3.63, 3.8) is 0 Å². The van der Waals surface area contributed by atoms with E-state index in [1.54, 1.807) is 62.5 Å². The molecule has 67 heavy (non-hydrogen) atoms. The van der Waals surface area contributed by atoms with E-state index in [0.717, 1.165) is 11.3 Å². The van der Waals surface area contributed by atoms with E-state index in [0.29, 0.717) is 103 Å². The van der Waals surface area contributed by atoms with E-state index in [-0.39, 0.29) is 23.1 Å². The SMILES string of the molecule is COc1ccc(CNc2cc(-c3nc(N=S(C)(C)=O)cc(N4CCOC[C@H]4C)n3)cc(Cl)n2)cc1.C[C@@H]1COCCN1c1cc(N=S(C)(C)=O)nc(-c2cc(N)nc(Cl)c2)n1.O=CC(F)(F)F. The minimum atomic E-state index is -4.64. The molecule has 2 aliphatic heterocycles. The second-order valence-electron chi connectivity index (χ2n) is 15.6. The molecule has 0 aliphatic carbocycles. The van der Waals surface area contributed by atoms with Gasteiger partial charge >= 0.3 is 6.18 Å². The average molecular weight is 1010 g/mol. The molecule has 1 aromatic carbocycles. The summed E-state index contributed by atoms with van der Waals surface area (Å²) in [4.78, 5) is 39.8. The number of carbonyl (C=O) groups excluding carboxylic acids is 1. The summed E-state index contributed by atoms with van der Waals surface area (Å²) in [6.07, 6.45) is 0.583. The molecule has 0 amide bonds. The first-order chi connectivity index (χ1) is 31.5. The number of nitrogens with one attached hydrogen (secondary N) is 1. The highest BCUT2D eigenvalue weighted by atomic mass is 35.5. The van der Waals surface area contributed by atoms with E-state index in [1.807, 2.05) is 30.3 Å². The van der Waals surface area contributed by atoms with Crippen LogP contribution in [0.3, 0.4) is 0 Å². The van der Waals surface area contributed by atoms with Gasteiger partial charge in [0.25, 0.3) is 0 Å². The summed E-state index contributed by atoms with van der Waals surface area (Å²) in [7, 11) is -3.15. The summed E-state index contributed by atoms with van der Waals surface area (Å²) >= 11 is 12.4. The van der Waals surface area contributed by atoms with Gasteiger partial charge in [0, 0.05) is 87.4 Å². The molecule has 2 fully saturated rings. The van der Waals surface area contributed by atoms with Gasteiger partial charge in [-0.25, -0.2) is 38.3 Å². The van der Waals surface area contributed by atoms with Crippen LogP contribution in [-0.2, 0) is 40.3 Å². The van der Waals surface area contributed by atoms with E-state index in [9.17, 15) is 21.6 Å². The Morgan fingerprint density at radius 2 is 1.24 bits per heavy atom. The van der Waals surface area contributed by atoms with Gasteiger partial charge in [-0.2, -0.15) is 21.9 Å². The van der Waals surface area contributed by atoms with Gasteiger partial charge in [-0.1, -0.05) is 35.3 Å². The maximum absolute atomic E-state index is 12.4. The number of nitrogens with zero attached hydrogens (tertiary/aromatic N) is 10. The van der Waals surface area contributed by atoms with Crippen LogP contribution in [0.5, 0.6) is 5.75 Å². The molecule has 18 nitrogen and oxygen atoms in total. The van der Waals surface area contributed by atoms with Gasteiger partial charge < -0.3 is 35.1 Å². The van der Waals surface area contributed by atoms with Gasteiger partial charge in [0.05, 0.1) is 45.6 Å². The fourth-order valence-electron chi connectivity index (χ4n) is 6.37. The number of nitrogen functional groups attached to an aromatic ring is 1. The predicted octanol–water partition coefficient (Wildman–Crippen LogP) is 7.50. The Morgan fingerprint density at radius 1 is 0.776 bits per heavy atom. The Bertz CT molecular complexity index is 2740. The van der Waals surface area contributed by atoms with Crippen molar-refractivity contribution < 1.29 is 40.6 Å². The topological polar surface area (TPSA) is 225 Å². The average Bonchev–Trinajstić information content (AvgIpc) is 3.24. The molecule has 0 bridgehead atoms. The van der Waals surface area contributed by atoms with Crippen molar-refractivity contribution in [2.24, 2.45) is 8.73 Å². The number of aldehydes is 1. The van der Waals surface area contributed by atoms with Crippen LogP contribution in [0.4, 0.5) is 48.1 Å². The third-order valence-electron chi connectivity index (χ3n) is 9.24. The van der Waals surface area contributed by atoms with Crippen molar-refractivity contribution in [2.75, 3.05) is 92.5 Å². The fraction of sp³-hybridized carbons (Fsp3) is 0.405. The normalized spacial score (nSPS) is 16.4. The first-order valence-corrected chi connectivity index (χ1v) is 25.7. The molecule has 0 saturated carbocycles. The van der Waals surface area contributed by atoms with Gasteiger partial charge in [-0.3, -0.25) is 4.79 Å². The van der Waals surface area contributed by atoms with Crippen molar-refractivity contribution in [1.29, 1.82) is 0 Å². The first-order valence-electron chi connectivity index (χ1n) is 20.3. The highest BCUT2D eigenvalue weighted by Crippen LogP contribution is 2.31. The zero-order valence-corrected chi connectivity index (χ0v) is 40.8. The van der Waals surface area contributed by atoms with Crippen LogP contribution in [0, 0.1) is 0 Å². The molecule has 25 heteroatoms. The number of nitrogens with two attached hydrogens (primary N) is 1. The highest BCUT2D eigenvalue weighted by molar-refractivity contribution is 7.92. The molecule has 362 valence electrons. The molecule has 5 aromatic rings. The Labute approximate surface area is 397 Å². The number of benzene rings is 1. The lowest BCUT2D eigenvalue weighted by atomic mass is 10.2. The Morgan fingerprint density at radius 3 is 1.66 bits per heavy atom. The molecular weight excluding hydrogens is 961 g/mol. The summed E-state index contributed by atoms with van der Waals surface area (Å²) in [5, 5.41) is 3.86. The second-order valence-corrected chi connectivity index (χ2v) is 21.5. The minimum absolute atomic E-state index is 0.134. The van der Waals surface area contributed by atoms with Crippen LogP contribution in [0.15, 0.2) is 69.4 Å². The van der Waals surface area contributed by atoms with E-state index >= 15 is 0 Å². The van der Waals surface area contributed by atoms with E-state index < -0.39 is 31.9 Å². The molecule has 4 aromatic heterocycles. The molecule has 6 heterocycles. The largest absolute Gasteiger partial charge is 0.497 e. The van der Waals surface area contributed by atoms with Gasteiger partial charge in [-0.05, 0) is 55.8 Å². The number of anilines is 4. The first kappa shape index (κ1) is 52.5. The molecule has 0 spiro atoms. The summed E-state index contributed by atoms with van der Waals surface area (Å²) in [5.41, 5.74) is 8.16. The lowest BCUT2D eigenvalue weighted by molar-refractivity contribution is -0.156. The Kier molecular flexibility index (Phi) is 18.0. The fourth-order valence-corrected chi connectivity index (χ4v) is 7.89. The zero-order chi connectivity index (χ0) is 49.1. The number of hydrogen-bond donors (Lipinski definition) is 2. The van der Waals surface area contributed by atoms with Crippen molar-refractivity contribution in [1.82, 2.24) is 29.9 Å². The third kappa shape index (κ3) is 17.0. The summed E-state index contributed by atoms with van der Waals surface area (Å²) in [5.74, 6) is 4.60.